The number of aromatic nitrogens is 2. The first-order valence-corrected chi connectivity index (χ1v) is 7.83. The molecule has 122 valence electrons. The van der Waals surface area contributed by atoms with E-state index < -0.39 is 6.10 Å². The highest BCUT2D eigenvalue weighted by Gasteiger charge is 2.12. The summed E-state index contributed by atoms with van der Waals surface area (Å²) >= 11 is 5.96. The fraction of sp³-hybridized carbons (Fsp3) is 0.111. The summed E-state index contributed by atoms with van der Waals surface area (Å²) in [6.45, 7) is 0.130. The maximum atomic E-state index is 12.2. The van der Waals surface area contributed by atoms with Gasteiger partial charge in [0.15, 0.2) is 0 Å². The van der Waals surface area contributed by atoms with Crippen molar-refractivity contribution in [2.24, 2.45) is 0 Å². The third-order valence-corrected chi connectivity index (χ3v) is 3.79. The minimum absolute atomic E-state index is 0.130. The molecule has 0 saturated heterocycles. The van der Waals surface area contributed by atoms with Crippen LogP contribution in [0, 0.1) is 0 Å². The largest absolute Gasteiger partial charge is 0.387 e. The molecule has 5 nitrogen and oxygen atoms in total. The standard InChI is InChI=1S/C18H16ClN3O2/c19-15-7-4-8-16(9-15)22-12-14(10-21-22)18(24)20-11-17(23)13-5-2-1-3-6-13/h1-10,12,17,23H,11H2,(H,20,24). The van der Waals surface area contributed by atoms with Gasteiger partial charge in [-0.25, -0.2) is 4.68 Å². The highest BCUT2D eigenvalue weighted by molar-refractivity contribution is 6.30. The van der Waals surface area contributed by atoms with Crippen molar-refractivity contribution in [3.8, 4) is 5.69 Å². The molecule has 1 unspecified atom stereocenters. The molecule has 0 bridgehead atoms. The number of carbonyl (C=O) groups excluding carboxylic acids is 1. The first-order valence-electron chi connectivity index (χ1n) is 7.45. The monoisotopic (exact) mass is 341 g/mol. The zero-order valence-electron chi connectivity index (χ0n) is 12.8. The van der Waals surface area contributed by atoms with Crippen molar-refractivity contribution < 1.29 is 9.90 Å². The SMILES string of the molecule is O=C(NCC(O)c1ccccc1)c1cnn(-c2cccc(Cl)c2)c1. The number of nitrogens with zero attached hydrogens (tertiary/aromatic N) is 2. The smallest absolute Gasteiger partial charge is 0.254 e. The van der Waals surface area contributed by atoms with Crippen LogP contribution < -0.4 is 5.32 Å². The van der Waals surface area contributed by atoms with E-state index in [1.807, 2.05) is 42.5 Å². The molecule has 0 aliphatic rings. The quantitative estimate of drug-likeness (QED) is 0.749. The number of nitrogens with one attached hydrogen (secondary N) is 1. The molecule has 6 heteroatoms. The Bertz CT molecular complexity index is 833. The summed E-state index contributed by atoms with van der Waals surface area (Å²) in [5, 5.41) is 17.6. The van der Waals surface area contributed by atoms with Crippen LogP contribution in [0.1, 0.15) is 22.0 Å². The van der Waals surface area contributed by atoms with Crippen molar-refractivity contribution in [1.29, 1.82) is 0 Å². The Kier molecular flexibility index (Phi) is 4.93. The maximum absolute atomic E-state index is 12.2. The average molecular weight is 342 g/mol. The molecule has 0 aliphatic heterocycles. The zero-order valence-corrected chi connectivity index (χ0v) is 13.5. The molecule has 0 aliphatic carbocycles. The number of aliphatic hydroxyl groups is 1. The summed E-state index contributed by atoms with van der Waals surface area (Å²) in [6, 6.07) is 16.4. The van der Waals surface area contributed by atoms with Crippen molar-refractivity contribution in [2.75, 3.05) is 6.54 Å². The predicted molar refractivity (Wildman–Crippen MR) is 92.3 cm³/mol. The van der Waals surface area contributed by atoms with E-state index in [9.17, 15) is 9.90 Å². The Morgan fingerprint density at radius 3 is 2.75 bits per heavy atom. The van der Waals surface area contributed by atoms with Gasteiger partial charge in [-0.1, -0.05) is 48.0 Å². The molecule has 1 aromatic heterocycles. The van der Waals surface area contributed by atoms with E-state index in [2.05, 4.69) is 10.4 Å². The van der Waals surface area contributed by atoms with Crippen LogP contribution in [-0.4, -0.2) is 27.3 Å². The summed E-state index contributed by atoms with van der Waals surface area (Å²) in [4.78, 5) is 12.2. The first kappa shape index (κ1) is 16.2. The number of aliphatic hydroxyl groups excluding tert-OH is 1. The summed E-state index contributed by atoms with van der Waals surface area (Å²) in [5.74, 6) is -0.293. The summed E-state index contributed by atoms with van der Waals surface area (Å²) in [6.07, 6.45) is 2.35. The van der Waals surface area contributed by atoms with Gasteiger partial charge in [-0.3, -0.25) is 4.79 Å². The van der Waals surface area contributed by atoms with Gasteiger partial charge in [0.25, 0.3) is 5.91 Å². The van der Waals surface area contributed by atoms with Crippen LogP contribution in [0.5, 0.6) is 0 Å². The second-order valence-corrected chi connectivity index (χ2v) is 5.73. The van der Waals surface area contributed by atoms with Gasteiger partial charge in [0.05, 0.1) is 23.6 Å². The van der Waals surface area contributed by atoms with Gasteiger partial charge in [-0.2, -0.15) is 5.10 Å². The number of benzene rings is 2. The van der Waals surface area contributed by atoms with Gasteiger partial charge in [-0.05, 0) is 23.8 Å². The number of hydrogen-bond acceptors (Lipinski definition) is 3. The second-order valence-electron chi connectivity index (χ2n) is 5.29. The van der Waals surface area contributed by atoms with E-state index in [4.69, 9.17) is 11.6 Å². The van der Waals surface area contributed by atoms with Crippen LogP contribution in [-0.2, 0) is 0 Å². The summed E-state index contributed by atoms with van der Waals surface area (Å²) in [5.41, 5.74) is 1.94. The molecule has 1 atom stereocenters. The van der Waals surface area contributed by atoms with E-state index in [0.717, 1.165) is 11.3 Å². The molecule has 24 heavy (non-hydrogen) atoms. The lowest BCUT2D eigenvalue weighted by Crippen LogP contribution is -2.28. The molecule has 3 rings (SSSR count). The van der Waals surface area contributed by atoms with Crippen molar-refractivity contribution in [2.45, 2.75) is 6.10 Å². The number of hydrogen-bond donors (Lipinski definition) is 2. The summed E-state index contributed by atoms with van der Waals surface area (Å²) in [7, 11) is 0. The van der Waals surface area contributed by atoms with E-state index in [-0.39, 0.29) is 12.5 Å². The third-order valence-electron chi connectivity index (χ3n) is 3.56. The minimum Gasteiger partial charge on any atom is -0.387 e. The highest BCUT2D eigenvalue weighted by atomic mass is 35.5. The number of carbonyl (C=O) groups is 1. The Morgan fingerprint density at radius 2 is 2.00 bits per heavy atom. The van der Waals surface area contributed by atoms with Gasteiger partial charge in [-0.15, -0.1) is 0 Å². The van der Waals surface area contributed by atoms with Crippen LogP contribution in [0.15, 0.2) is 67.0 Å². The van der Waals surface area contributed by atoms with Crippen molar-refractivity contribution >= 4 is 17.5 Å². The van der Waals surface area contributed by atoms with Crippen LogP contribution in [0.4, 0.5) is 0 Å². The molecule has 1 heterocycles. The minimum atomic E-state index is -0.752. The van der Waals surface area contributed by atoms with E-state index in [1.54, 1.807) is 23.0 Å². The van der Waals surface area contributed by atoms with Gasteiger partial charge in [0.1, 0.15) is 0 Å². The van der Waals surface area contributed by atoms with Crippen molar-refractivity contribution in [3.63, 3.8) is 0 Å². The number of rotatable bonds is 5. The van der Waals surface area contributed by atoms with Crippen molar-refractivity contribution in [1.82, 2.24) is 15.1 Å². The fourth-order valence-electron chi connectivity index (χ4n) is 2.28. The average Bonchev–Trinajstić information content (AvgIpc) is 3.10. The van der Waals surface area contributed by atoms with Crippen LogP contribution in [0.3, 0.4) is 0 Å². The van der Waals surface area contributed by atoms with Gasteiger partial charge < -0.3 is 10.4 Å². The van der Waals surface area contributed by atoms with E-state index >= 15 is 0 Å². The lowest BCUT2D eigenvalue weighted by molar-refractivity contribution is 0.0916. The first-order chi connectivity index (χ1) is 11.6. The molecule has 2 aromatic carbocycles. The molecule has 0 saturated carbocycles. The second kappa shape index (κ2) is 7.29. The highest BCUT2D eigenvalue weighted by Crippen LogP contribution is 2.15. The molecular weight excluding hydrogens is 326 g/mol. The lowest BCUT2D eigenvalue weighted by atomic mass is 10.1. The number of halogens is 1. The van der Waals surface area contributed by atoms with E-state index in [0.29, 0.717) is 10.6 Å². The van der Waals surface area contributed by atoms with Gasteiger partial charge >= 0.3 is 0 Å². The summed E-state index contributed by atoms with van der Waals surface area (Å²) < 4.78 is 1.58. The predicted octanol–water partition coefficient (Wildman–Crippen LogP) is 2.99. The Morgan fingerprint density at radius 1 is 1.21 bits per heavy atom. The Balaban J connectivity index is 1.64. The lowest BCUT2D eigenvalue weighted by Gasteiger charge is -2.11. The van der Waals surface area contributed by atoms with Crippen LogP contribution in [0.2, 0.25) is 5.02 Å². The molecule has 3 aromatic rings. The van der Waals surface area contributed by atoms with Gasteiger partial charge in [0, 0.05) is 17.8 Å². The molecule has 2 N–H and O–H groups in total. The zero-order chi connectivity index (χ0) is 16.9. The van der Waals surface area contributed by atoms with E-state index in [1.165, 1.54) is 6.20 Å². The normalized spacial score (nSPS) is 11.9. The topological polar surface area (TPSA) is 67.2 Å². The van der Waals surface area contributed by atoms with Crippen LogP contribution >= 0.6 is 11.6 Å². The molecule has 0 radical (unpaired) electrons. The van der Waals surface area contributed by atoms with Crippen molar-refractivity contribution in [3.05, 3.63) is 83.1 Å². The Labute approximate surface area is 144 Å². The molecular formula is C18H16ClN3O2. The fourth-order valence-corrected chi connectivity index (χ4v) is 2.47. The molecule has 1 amide bonds. The maximum Gasteiger partial charge on any atom is 0.254 e. The molecule has 0 spiro atoms. The van der Waals surface area contributed by atoms with Gasteiger partial charge in [0.2, 0.25) is 0 Å². The Hall–Kier alpha value is -2.63. The van der Waals surface area contributed by atoms with Crippen LogP contribution in [0.25, 0.3) is 5.69 Å². The number of amides is 1. The molecule has 0 fully saturated rings. The third kappa shape index (κ3) is 3.82.